The summed E-state index contributed by atoms with van der Waals surface area (Å²) < 4.78 is 5.24. The number of ether oxygens (including phenoxy) is 1. The average molecular weight is 186 g/mol. The summed E-state index contributed by atoms with van der Waals surface area (Å²) in [5.41, 5.74) is 5.56. The molecule has 2 unspecified atom stereocenters. The van der Waals surface area contributed by atoms with E-state index in [0.29, 0.717) is 6.54 Å². The fraction of sp³-hybridized carbons (Fsp3) is 1.00. The molecule has 0 amide bonds. The molecular formula is C10H22N2O. The molecule has 0 aliphatic carbocycles. The van der Waals surface area contributed by atoms with Crippen molar-refractivity contribution >= 4 is 0 Å². The first-order chi connectivity index (χ1) is 6.27. The summed E-state index contributed by atoms with van der Waals surface area (Å²) in [5, 5.41) is 0. The van der Waals surface area contributed by atoms with E-state index < -0.39 is 0 Å². The summed E-state index contributed by atoms with van der Waals surface area (Å²) in [6, 6.07) is 0.760. The molecule has 0 spiro atoms. The fourth-order valence-electron chi connectivity index (χ4n) is 1.97. The molecule has 1 heterocycles. The molecule has 3 nitrogen and oxygen atoms in total. The van der Waals surface area contributed by atoms with Gasteiger partial charge >= 0.3 is 0 Å². The van der Waals surface area contributed by atoms with Crippen LogP contribution in [0.5, 0.6) is 0 Å². The number of hydrogen-bond donors (Lipinski definition) is 1. The highest BCUT2D eigenvalue weighted by atomic mass is 16.5. The van der Waals surface area contributed by atoms with Gasteiger partial charge in [0, 0.05) is 26.2 Å². The third kappa shape index (κ3) is 3.25. The molecule has 1 saturated heterocycles. The third-order valence-corrected chi connectivity index (χ3v) is 3.03. The van der Waals surface area contributed by atoms with Crippen molar-refractivity contribution in [1.82, 2.24) is 4.90 Å². The molecule has 2 N–H and O–H groups in total. The van der Waals surface area contributed by atoms with Crippen LogP contribution in [0.1, 0.15) is 26.2 Å². The second kappa shape index (κ2) is 5.58. The number of nitrogens with two attached hydrogens (primary N) is 1. The number of likely N-dealkylation sites (tertiary alicyclic amines) is 1. The molecule has 1 aliphatic rings. The minimum Gasteiger partial charge on any atom is -0.380 e. The number of rotatable bonds is 5. The number of hydrogen-bond acceptors (Lipinski definition) is 3. The molecule has 0 aromatic carbocycles. The zero-order chi connectivity index (χ0) is 9.68. The highest BCUT2D eigenvalue weighted by Crippen LogP contribution is 2.16. The van der Waals surface area contributed by atoms with Crippen molar-refractivity contribution in [1.29, 1.82) is 0 Å². The summed E-state index contributed by atoms with van der Waals surface area (Å²) in [7, 11) is 1.74. The molecule has 0 saturated carbocycles. The van der Waals surface area contributed by atoms with E-state index in [9.17, 15) is 0 Å². The lowest BCUT2D eigenvalue weighted by Gasteiger charge is -2.23. The van der Waals surface area contributed by atoms with Crippen LogP contribution in [0.2, 0.25) is 0 Å². The van der Waals surface area contributed by atoms with E-state index >= 15 is 0 Å². The topological polar surface area (TPSA) is 38.5 Å². The fourth-order valence-corrected chi connectivity index (χ4v) is 1.97. The van der Waals surface area contributed by atoms with Crippen molar-refractivity contribution in [3.8, 4) is 0 Å². The average Bonchev–Trinajstić information content (AvgIpc) is 2.54. The maximum Gasteiger partial charge on any atom is 0.0705 e. The van der Waals surface area contributed by atoms with Gasteiger partial charge in [0.1, 0.15) is 0 Å². The first kappa shape index (κ1) is 11.0. The van der Waals surface area contributed by atoms with Crippen LogP contribution in [0.3, 0.4) is 0 Å². The van der Waals surface area contributed by atoms with E-state index in [-0.39, 0.29) is 6.10 Å². The normalized spacial score (nSPS) is 26.5. The summed E-state index contributed by atoms with van der Waals surface area (Å²) in [6.45, 7) is 5.33. The molecule has 1 fully saturated rings. The second-order valence-electron chi connectivity index (χ2n) is 3.91. The lowest BCUT2D eigenvalue weighted by atomic mass is 10.2. The SMILES string of the molecule is COC(CN)CCN1CCCC1C. The quantitative estimate of drug-likeness (QED) is 0.691. The lowest BCUT2D eigenvalue weighted by Crippen LogP contribution is -2.32. The molecule has 1 aliphatic heterocycles. The van der Waals surface area contributed by atoms with Gasteiger partial charge in [-0.05, 0) is 32.7 Å². The van der Waals surface area contributed by atoms with Gasteiger partial charge in [-0.25, -0.2) is 0 Å². The minimum absolute atomic E-state index is 0.243. The van der Waals surface area contributed by atoms with Gasteiger partial charge in [-0.15, -0.1) is 0 Å². The molecular weight excluding hydrogens is 164 g/mol. The van der Waals surface area contributed by atoms with Gasteiger partial charge in [-0.1, -0.05) is 0 Å². The van der Waals surface area contributed by atoms with Gasteiger partial charge in [0.25, 0.3) is 0 Å². The summed E-state index contributed by atoms with van der Waals surface area (Å²) in [5.74, 6) is 0. The molecule has 78 valence electrons. The van der Waals surface area contributed by atoms with E-state index in [4.69, 9.17) is 10.5 Å². The van der Waals surface area contributed by atoms with Gasteiger partial charge in [0.05, 0.1) is 6.10 Å². The second-order valence-corrected chi connectivity index (χ2v) is 3.91. The van der Waals surface area contributed by atoms with Gasteiger partial charge in [0.2, 0.25) is 0 Å². The predicted octanol–water partition coefficient (Wildman–Crippen LogP) is 0.834. The van der Waals surface area contributed by atoms with Gasteiger partial charge in [-0.2, -0.15) is 0 Å². The van der Waals surface area contributed by atoms with Crippen LogP contribution < -0.4 is 5.73 Å². The molecule has 13 heavy (non-hydrogen) atoms. The zero-order valence-electron chi connectivity index (χ0n) is 8.83. The van der Waals surface area contributed by atoms with Crippen molar-refractivity contribution in [3.63, 3.8) is 0 Å². The Morgan fingerprint density at radius 1 is 1.62 bits per heavy atom. The molecule has 1 rings (SSSR count). The van der Waals surface area contributed by atoms with E-state index in [2.05, 4.69) is 11.8 Å². The Kier molecular flexibility index (Phi) is 4.70. The maximum absolute atomic E-state index is 5.56. The molecule has 0 bridgehead atoms. The van der Waals surface area contributed by atoms with Gasteiger partial charge < -0.3 is 15.4 Å². The van der Waals surface area contributed by atoms with Crippen LogP contribution in [0.4, 0.5) is 0 Å². The highest BCUT2D eigenvalue weighted by molar-refractivity contribution is 4.76. The van der Waals surface area contributed by atoms with Gasteiger partial charge in [-0.3, -0.25) is 0 Å². The monoisotopic (exact) mass is 186 g/mol. The summed E-state index contributed by atoms with van der Waals surface area (Å²) >= 11 is 0. The zero-order valence-corrected chi connectivity index (χ0v) is 8.83. The smallest absolute Gasteiger partial charge is 0.0705 e. The maximum atomic E-state index is 5.56. The summed E-state index contributed by atoms with van der Waals surface area (Å²) in [4.78, 5) is 2.53. The van der Waals surface area contributed by atoms with Crippen molar-refractivity contribution in [3.05, 3.63) is 0 Å². The number of nitrogens with zero attached hydrogens (tertiary/aromatic N) is 1. The van der Waals surface area contributed by atoms with Crippen LogP contribution in [-0.4, -0.2) is 43.8 Å². The van der Waals surface area contributed by atoms with Crippen LogP contribution in [-0.2, 0) is 4.74 Å². The van der Waals surface area contributed by atoms with E-state index in [1.54, 1.807) is 7.11 Å². The van der Waals surface area contributed by atoms with Crippen LogP contribution in [0, 0.1) is 0 Å². The van der Waals surface area contributed by atoms with Crippen molar-refractivity contribution in [2.24, 2.45) is 5.73 Å². The minimum atomic E-state index is 0.243. The Labute approximate surface area is 81.2 Å². The molecule has 0 radical (unpaired) electrons. The van der Waals surface area contributed by atoms with Crippen molar-refractivity contribution in [2.45, 2.75) is 38.3 Å². The van der Waals surface area contributed by atoms with E-state index in [1.807, 2.05) is 0 Å². The van der Waals surface area contributed by atoms with Gasteiger partial charge in [0.15, 0.2) is 0 Å². The Morgan fingerprint density at radius 2 is 2.38 bits per heavy atom. The molecule has 0 aromatic rings. The first-order valence-corrected chi connectivity index (χ1v) is 5.24. The third-order valence-electron chi connectivity index (χ3n) is 3.03. The summed E-state index contributed by atoms with van der Waals surface area (Å²) in [6.07, 6.45) is 4.01. The van der Waals surface area contributed by atoms with E-state index in [1.165, 1.54) is 19.4 Å². The van der Waals surface area contributed by atoms with E-state index in [0.717, 1.165) is 19.0 Å². The van der Waals surface area contributed by atoms with Crippen molar-refractivity contribution < 1.29 is 4.74 Å². The van der Waals surface area contributed by atoms with Crippen LogP contribution >= 0.6 is 0 Å². The Bertz CT molecular complexity index is 137. The Balaban J connectivity index is 2.17. The Hall–Kier alpha value is -0.120. The number of methoxy groups -OCH3 is 1. The molecule has 2 atom stereocenters. The Morgan fingerprint density at radius 3 is 2.85 bits per heavy atom. The molecule has 0 aromatic heterocycles. The standard InChI is InChI=1S/C10H22N2O/c1-9-4-3-6-12(9)7-5-10(8-11)13-2/h9-10H,3-8,11H2,1-2H3. The van der Waals surface area contributed by atoms with Crippen LogP contribution in [0.15, 0.2) is 0 Å². The highest BCUT2D eigenvalue weighted by Gasteiger charge is 2.20. The largest absolute Gasteiger partial charge is 0.380 e. The lowest BCUT2D eigenvalue weighted by molar-refractivity contribution is 0.0886. The van der Waals surface area contributed by atoms with Crippen LogP contribution in [0.25, 0.3) is 0 Å². The predicted molar refractivity (Wildman–Crippen MR) is 54.7 cm³/mol. The van der Waals surface area contributed by atoms with Crippen molar-refractivity contribution in [2.75, 3.05) is 26.7 Å². The molecule has 3 heteroatoms. The first-order valence-electron chi connectivity index (χ1n) is 5.24.